The molecule has 142 valence electrons. The van der Waals surface area contributed by atoms with Gasteiger partial charge in [0.05, 0.1) is 12.1 Å². The van der Waals surface area contributed by atoms with Gasteiger partial charge in [0.15, 0.2) is 5.96 Å². The summed E-state index contributed by atoms with van der Waals surface area (Å²) in [4.78, 5) is 7.06. The smallest absolute Gasteiger partial charge is 0.194 e. The van der Waals surface area contributed by atoms with Gasteiger partial charge in [0.1, 0.15) is 0 Å². The molecule has 0 spiro atoms. The van der Waals surface area contributed by atoms with Crippen LogP contribution in [0.4, 0.5) is 0 Å². The molecule has 0 bridgehead atoms. The Morgan fingerprint density at radius 3 is 2.58 bits per heavy atom. The molecule has 0 saturated carbocycles. The van der Waals surface area contributed by atoms with Crippen LogP contribution >= 0.6 is 0 Å². The lowest BCUT2D eigenvalue weighted by atomic mass is 9.95. The molecule has 3 rings (SSSR count). The van der Waals surface area contributed by atoms with E-state index in [1.54, 1.807) is 0 Å². The minimum Gasteiger partial charge on any atom is -0.388 e. The molecule has 2 aliphatic rings. The number of guanidine groups is 1. The first-order valence-corrected chi connectivity index (χ1v) is 9.76. The topological polar surface area (TPSA) is 57.1 Å². The van der Waals surface area contributed by atoms with E-state index < -0.39 is 5.60 Å². The van der Waals surface area contributed by atoms with Gasteiger partial charge in [-0.15, -0.1) is 0 Å². The number of hydrogen-bond acceptors (Lipinski definition) is 3. The van der Waals surface area contributed by atoms with Crippen LogP contribution in [0.2, 0.25) is 0 Å². The zero-order chi connectivity index (χ0) is 18.2. The van der Waals surface area contributed by atoms with Gasteiger partial charge < -0.3 is 20.1 Å². The van der Waals surface area contributed by atoms with Crippen LogP contribution in [0.15, 0.2) is 40.9 Å². The first-order chi connectivity index (χ1) is 12.7. The molecule has 1 aromatic carbocycles. The molecule has 26 heavy (non-hydrogen) atoms. The Morgan fingerprint density at radius 2 is 1.92 bits per heavy atom. The second-order valence-corrected chi connectivity index (χ2v) is 7.21. The normalized spacial score (nSPS) is 20.8. The highest BCUT2D eigenvalue weighted by Crippen LogP contribution is 2.22. The Morgan fingerprint density at radius 1 is 1.23 bits per heavy atom. The zero-order valence-electron chi connectivity index (χ0n) is 15.8. The lowest BCUT2D eigenvalue weighted by Gasteiger charge is -2.34. The van der Waals surface area contributed by atoms with E-state index in [1.807, 2.05) is 0 Å². The Hall–Kier alpha value is -1.85. The minimum absolute atomic E-state index is 0.446. The van der Waals surface area contributed by atoms with Crippen molar-refractivity contribution in [1.82, 2.24) is 10.2 Å². The van der Waals surface area contributed by atoms with Crippen LogP contribution in [-0.2, 0) is 4.74 Å². The van der Waals surface area contributed by atoms with Crippen molar-refractivity contribution >= 4 is 12.0 Å². The van der Waals surface area contributed by atoms with Crippen molar-refractivity contribution in [1.29, 1.82) is 0 Å². The van der Waals surface area contributed by atoms with Crippen LogP contribution in [0.25, 0.3) is 6.08 Å². The molecule has 0 unspecified atom stereocenters. The largest absolute Gasteiger partial charge is 0.388 e. The predicted molar refractivity (Wildman–Crippen MR) is 106 cm³/mol. The van der Waals surface area contributed by atoms with Crippen molar-refractivity contribution in [3.05, 3.63) is 41.5 Å². The van der Waals surface area contributed by atoms with Crippen molar-refractivity contribution in [3.8, 4) is 0 Å². The fourth-order valence-corrected chi connectivity index (χ4v) is 3.49. The average Bonchev–Trinajstić information content (AvgIpc) is 2.67. The lowest BCUT2D eigenvalue weighted by Crippen LogP contribution is -2.46. The molecule has 0 aliphatic carbocycles. The van der Waals surface area contributed by atoms with Gasteiger partial charge in [-0.3, -0.25) is 4.99 Å². The first-order valence-electron chi connectivity index (χ1n) is 9.76. The summed E-state index contributed by atoms with van der Waals surface area (Å²) in [5, 5.41) is 14.0. The van der Waals surface area contributed by atoms with Gasteiger partial charge in [-0.25, -0.2) is 0 Å². The molecule has 5 heteroatoms. The third kappa shape index (κ3) is 5.32. The highest BCUT2D eigenvalue weighted by atomic mass is 16.5. The lowest BCUT2D eigenvalue weighted by molar-refractivity contribution is -0.0566. The third-order valence-electron chi connectivity index (χ3n) is 5.16. The summed E-state index contributed by atoms with van der Waals surface area (Å²) in [6, 6.07) is 10.5. The van der Waals surface area contributed by atoms with E-state index in [9.17, 15) is 5.11 Å². The van der Waals surface area contributed by atoms with Gasteiger partial charge in [-0.2, -0.15) is 0 Å². The summed E-state index contributed by atoms with van der Waals surface area (Å²) >= 11 is 0. The number of nitrogens with zero attached hydrogens (tertiary/aromatic N) is 2. The summed E-state index contributed by atoms with van der Waals surface area (Å²) in [7, 11) is 0. The minimum atomic E-state index is -0.715. The predicted octanol–water partition coefficient (Wildman–Crippen LogP) is 2.67. The molecule has 2 heterocycles. The summed E-state index contributed by atoms with van der Waals surface area (Å²) in [6.45, 7) is 6.55. The number of ether oxygens (including phenoxy) is 1. The molecule has 2 fully saturated rings. The number of benzene rings is 1. The van der Waals surface area contributed by atoms with Crippen molar-refractivity contribution in [2.45, 2.75) is 38.2 Å². The molecular formula is C21H31N3O2. The third-order valence-corrected chi connectivity index (χ3v) is 5.16. The molecule has 0 radical (unpaired) electrons. The Balaban J connectivity index is 1.59. The fourth-order valence-electron chi connectivity index (χ4n) is 3.49. The molecule has 1 aromatic rings. The van der Waals surface area contributed by atoms with Crippen molar-refractivity contribution in [3.63, 3.8) is 0 Å². The Labute approximate surface area is 156 Å². The van der Waals surface area contributed by atoms with Crippen molar-refractivity contribution < 1.29 is 9.84 Å². The van der Waals surface area contributed by atoms with E-state index in [1.165, 1.54) is 11.1 Å². The van der Waals surface area contributed by atoms with Crippen LogP contribution in [0.5, 0.6) is 0 Å². The highest BCUT2D eigenvalue weighted by molar-refractivity contribution is 5.80. The monoisotopic (exact) mass is 357 g/mol. The molecule has 0 aromatic heterocycles. The first kappa shape index (κ1) is 18.9. The second kappa shape index (κ2) is 9.19. The van der Waals surface area contributed by atoms with Crippen LogP contribution in [0, 0.1) is 0 Å². The van der Waals surface area contributed by atoms with E-state index in [0.717, 1.165) is 38.4 Å². The summed E-state index contributed by atoms with van der Waals surface area (Å²) in [5.41, 5.74) is 2.05. The number of hydrogen-bond donors (Lipinski definition) is 2. The maximum Gasteiger partial charge on any atom is 0.194 e. The summed E-state index contributed by atoms with van der Waals surface area (Å²) < 4.78 is 5.36. The van der Waals surface area contributed by atoms with Crippen LogP contribution < -0.4 is 5.32 Å². The van der Waals surface area contributed by atoms with Crippen molar-refractivity contribution in [2.24, 2.45) is 4.99 Å². The van der Waals surface area contributed by atoms with E-state index >= 15 is 0 Å². The zero-order valence-corrected chi connectivity index (χ0v) is 15.8. The number of likely N-dealkylation sites (tertiary alicyclic amines) is 1. The Kier molecular flexibility index (Phi) is 6.69. The molecule has 2 N–H and O–H groups in total. The standard InChI is InChI=1S/C21H31N3O2/c1-2-22-20(23-17-21(25)10-14-26-15-11-21)24-12-8-19(9-13-24)16-18-6-4-3-5-7-18/h3-7,16,25H,2,8-15,17H2,1H3,(H,22,23). The Bertz CT molecular complexity index is 611. The molecule has 0 atom stereocenters. The molecule has 2 saturated heterocycles. The number of rotatable bonds is 4. The average molecular weight is 357 g/mol. The van der Waals surface area contributed by atoms with Gasteiger partial charge in [0, 0.05) is 45.7 Å². The van der Waals surface area contributed by atoms with Gasteiger partial charge in [-0.1, -0.05) is 42.0 Å². The van der Waals surface area contributed by atoms with Crippen LogP contribution in [-0.4, -0.2) is 61.0 Å². The van der Waals surface area contributed by atoms with Crippen LogP contribution in [0.3, 0.4) is 0 Å². The number of nitrogens with one attached hydrogen (secondary N) is 1. The van der Waals surface area contributed by atoms with Gasteiger partial charge >= 0.3 is 0 Å². The molecular weight excluding hydrogens is 326 g/mol. The van der Waals surface area contributed by atoms with E-state index in [0.29, 0.717) is 32.6 Å². The quantitative estimate of drug-likeness (QED) is 0.643. The number of aliphatic hydroxyl groups is 1. The fraction of sp³-hybridized carbons (Fsp3) is 0.571. The van der Waals surface area contributed by atoms with E-state index in [-0.39, 0.29) is 0 Å². The van der Waals surface area contributed by atoms with E-state index in [4.69, 9.17) is 9.73 Å². The number of aliphatic imine (C=N–C) groups is 1. The SMILES string of the molecule is CCNC(=NCC1(O)CCOCC1)N1CCC(=Cc2ccccc2)CC1. The second-order valence-electron chi connectivity index (χ2n) is 7.21. The summed E-state index contributed by atoms with van der Waals surface area (Å²) in [5.74, 6) is 0.922. The van der Waals surface area contributed by atoms with Crippen LogP contribution in [0.1, 0.15) is 38.2 Å². The summed E-state index contributed by atoms with van der Waals surface area (Å²) in [6.07, 6.45) is 5.75. The maximum atomic E-state index is 10.7. The molecule has 0 amide bonds. The highest BCUT2D eigenvalue weighted by Gasteiger charge is 2.30. The van der Waals surface area contributed by atoms with E-state index in [2.05, 4.69) is 53.5 Å². The maximum absolute atomic E-state index is 10.7. The van der Waals surface area contributed by atoms with Crippen molar-refractivity contribution in [2.75, 3.05) is 39.4 Å². The van der Waals surface area contributed by atoms with Gasteiger partial charge in [0.25, 0.3) is 0 Å². The van der Waals surface area contributed by atoms with Gasteiger partial charge in [0.2, 0.25) is 0 Å². The molecule has 2 aliphatic heterocycles. The molecule has 5 nitrogen and oxygen atoms in total. The van der Waals surface area contributed by atoms with Gasteiger partial charge in [-0.05, 0) is 25.3 Å². The number of piperidine rings is 1.